The number of hydrogen-bond acceptors (Lipinski definition) is 15. The largest absolute Gasteiger partial charge is 0.480 e. The number of hydrogen-bond donors (Lipinski definition) is 7. The number of nitrogens with one attached hydrogen (secondary N) is 1. The third-order valence-electron chi connectivity index (χ3n) is 6.40. The van der Waals surface area contributed by atoms with Gasteiger partial charge in [-0.3, -0.25) is 9.59 Å². The number of rotatable bonds is 16. The SMILES string of the molecule is CN(CC(O)CO)CC(O)COC(=O)CC[C@H](NC(=O)c1ccc(N(C)Cc2cnc3nc(N)nc(N)c3n2)cc1)C(=O)O. The van der Waals surface area contributed by atoms with Gasteiger partial charge in [-0.05, 0) is 37.7 Å². The molecule has 2 heterocycles. The molecule has 2 unspecified atom stereocenters. The molecule has 0 radical (unpaired) electrons. The van der Waals surface area contributed by atoms with Crippen LogP contribution in [-0.2, 0) is 20.9 Å². The molecule has 0 aliphatic carbocycles. The quantitative estimate of drug-likeness (QED) is 0.0892. The van der Waals surface area contributed by atoms with Gasteiger partial charge in [0.1, 0.15) is 18.8 Å². The summed E-state index contributed by atoms with van der Waals surface area (Å²) in [5.74, 6) is -2.59. The number of anilines is 3. The Labute approximate surface area is 252 Å². The van der Waals surface area contributed by atoms with Gasteiger partial charge in [-0.2, -0.15) is 9.97 Å². The highest BCUT2D eigenvalue weighted by molar-refractivity contribution is 5.97. The number of aliphatic hydroxyl groups excluding tert-OH is 3. The Kier molecular flexibility index (Phi) is 12.0. The van der Waals surface area contributed by atoms with E-state index in [0.717, 1.165) is 5.69 Å². The van der Waals surface area contributed by atoms with Crippen molar-refractivity contribution in [1.29, 1.82) is 0 Å². The number of aliphatic hydroxyl groups is 3. The third-order valence-corrected chi connectivity index (χ3v) is 6.40. The second-order valence-electron chi connectivity index (χ2n) is 10.2. The minimum atomic E-state index is -1.35. The van der Waals surface area contributed by atoms with Crippen molar-refractivity contribution in [2.75, 3.05) is 56.8 Å². The van der Waals surface area contributed by atoms with Crippen LogP contribution < -0.4 is 21.7 Å². The number of likely N-dealkylation sites (N-methyl/N-ethyl adjacent to an activating group) is 1. The first-order valence-corrected chi connectivity index (χ1v) is 13.6. The van der Waals surface area contributed by atoms with E-state index < -0.39 is 42.7 Å². The zero-order chi connectivity index (χ0) is 32.4. The molecule has 44 heavy (non-hydrogen) atoms. The highest BCUT2D eigenvalue weighted by Gasteiger charge is 2.23. The highest BCUT2D eigenvalue weighted by Crippen LogP contribution is 2.19. The number of carboxylic acid groups (broad SMARTS) is 1. The molecule has 1 aromatic carbocycles. The second-order valence-corrected chi connectivity index (χ2v) is 10.2. The molecular weight excluding hydrogens is 578 g/mol. The number of aromatic nitrogens is 4. The standard InChI is InChI=1S/C27H37N9O8/c1-35(11-18(38)13-37)12-19(39)14-44-21(40)8-7-20(26(42)43)32-25(41)15-3-5-17(6-4-15)36(2)10-16-9-30-24-22(31-16)23(28)33-27(29)34-24/h3-6,9,18-20,37-39H,7-8,10-14H2,1-2H3,(H,32,41)(H,42,43)(H4,28,29,30,33,34)/t18?,19?,20-/m0/s1. The van der Waals surface area contributed by atoms with Crippen molar-refractivity contribution in [2.45, 2.75) is 37.6 Å². The lowest BCUT2D eigenvalue weighted by Gasteiger charge is -2.22. The normalized spacial score (nSPS) is 13.3. The Hall–Kier alpha value is -4.71. The minimum absolute atomic E-state index is 0.000750. The Balaban J connectivity index is 1.49. The molecule has 0 aliphatic rings. The van der Waals surface area contributed by atoms with Crippen LogP contribution in [0.1, 0.15) is 28.9 Å². The predicted molar refractivity (Wildman–Crippen MR) is 158 cm³/mol. The smallest absolute Gasteiger partial charge is 0.326 e. The maximum absolute atomic E-state index is 12.7. The molecule has 3 rings (SSSR count). The molecule has 2 aromatic heterocycles. The van der Waals surface area contributed by atoms with E-state index in [0.29, 0.717) is 17.8 Å². The summed E-state index contributed by atoms with van der Waals surface area (Å²) < 4.78 is 5.00. The van der Waals surface area contributed by atoms with Crippen LogP contribution in [0.5, 0.6) is 0 Å². The molecule has 0 spiro atoms. The van der Waals surface area contributed by atoms with Crippen LogP contribution in [0, 0.1) is 0 Å². The summed E-state index contributed by atoms with van der Waals surface area (Å²) in [4.78, 5) is 56.6. The maximum atomic E-state index is 12.7. The number of fused-ring (bicyclic) bond motifs is 1. The minimum Gasteiger partial charge on any atom is -0.480 e. The number of esters is 1. The molecule has 3 aromatic rings. The molecule has 0 bridgehead atoms. The fourth-order valence-electron chi connectivity index (χ4n) is 4.19. The van der Waals surface area contributed by atoms with Crippen molar-refractivity contribution in [3.63, 3.8) is 0 Å². The summed E-state index contributed by atoms with van der Waals surface area (Å²) in [6.45, 7) is -0.230. The Bertz CT molecular complexity index is 1440. The molecule has 0 saturated carbocycles. The van der Waals surface area contributed by atoms with Gasteiger partial charge in [0.15, 0.2) is 17.0 Å². The van der Waals surface area contributed by atoms with E-state index in [1.54, 1.807) is 30.3 Å². The molecule has 0 saturated heterocycles. The van der Waals surface area contributed by atoms with E-state index in [-0.39, 0.29) is 55.5 Å². The number of carbonyl (C=O) groups is 3. The number of nitrogens with two attached hydrogens (primary N) is 2. The molecule has 17 heteroatoms. The first-order chi connectivity index (χ1) is 20.9. The van der Waals surface area contributed by atoms with Crippen molar-refractivity contribution in [1.82, 2.24) is 30.2 Å². The van der Waals surface area contributed by atoms with Crippen molar-refractivity contribution >= 4 is 46.5 Å². The van der Waals surface area contributed by atoms with Crippen molar-refractivity contribution < 1.29 is 39.5 Å². The number of amides is 1. The summed E-state index contributed by atoms with van der Waals surface area (Å²) in [6, 6.07) is 5.08. The molecule has 0 fully saturated rings. The predicted octanol–water partition coefficient (Wildman–Crippen LogP) is -1.63. The average molecular weight is 616 g/mol. The monoisotopic (exact) mass is 615 g/mol. The van der Waals surface area contributed by atoms with Gasteiger partial charge in [-0.1, -0.05) is 0 Å². The van der Waals surface area contributed by atoms with Crippen LogP contribution in [0.3, 0.4) is 0 Å². The number of nitrogens with zero attached hydrogens (tertiary/aromatic N) is 6. The maximum Gasteiger partial charge on any atom is 0.326 e. The zero-order valence-corrected chi connectivity index (χ0v) is 24.3. The number of nitrogen functional groups attached to an aromatic ring is 2. The number of carbonyl (C=O) groups excluding carboxylic acids is 2. The Morgan fingerprint density at radius 3 is 2.36 bits per heavy atom. The number of aliphatic carboxylic acids is 1. The van der Waals surface area contributed by atoms with Crippen LogP contribution in [0.2, 0.25) is 0 Å². The lowest BCUT2D eigenvalue weighted by Crippen LogP contribution is -2.41. The topological polar surface area (TPSA) is 263 Å². The lowest BCUT2D eigenvalue weighted by molar-refractivity contribution is -0.147. The first-order valence-electron chi connectivity index (χ1n) is 13.6. The fourth-order valence-corrected chi connectivity index (χ4v) is 4.19. The molecule has 17 nitrogen and oxygen atoms in total. The van der Waals surface area contributed by atoms with Gasteiger partial charge in [0.25, 0.3) is 5.91 Å². The number of benzene rings is 1. The van der Waals surface area contributed by atoms with Crippen molar-refractivity contribution in [3.05, 3.63) is 41.7 Å². The molecular formula is C27H37N9O8. The van der Waals surface area contributed by atoms with E-state index in [1.165, 1.54) is 12.1 Å². The third kappa shape index (κ3) is 9.94. The summed E-state index contributed by atoms with van der Waals surface area (Å²) in [5.41, 5.74) is 13.6. The van der Waals surface area contributed by atoms with E-state index in [4.69, 9.17) is 21.3 Å². The summed E-state index contributed by atoms with van der Waals surface area (Å²) in [5, 5.41) is 40.3. The van der Waals surface area contributed by atoms with Gasteiger partial charge in [-0.25, -0.2) is 14.8 Å². The van der Waals surface area contributed by atoms with Gasteiger partial charge in [0.05, 0.1) is 31.1 Å². The van der Waals surface area contributed by atoms with E-state index in [1.807, 2.05) is 11.9 Å². The summed E-state index contributed by atoms with van der Waals surface area (Å²) in [6.07, 6.45) is -1.01. The lowest BCUT2D eigenvalue weighted by atomic mass is 10.1. The van der Waals surface area contributed by atoms with Gasteiger partial charge >= 0.3 is 11.9 Å². The molecule has 1 amide bonds. The van der Waals surface area contributed by atoms with Gasteiger partial charge in [0, 0.05) is 37.8 Å². The fraction of sp³-hybridized carbons (Fsp3) is 0.444. The van der Waals surface area contributed by atoms with Gasteiger partial charge in [-0.15, -0.1) is 0 Å². The molecule has 238 valence electrons. The van der Waals surface area contributed by atoms with E-state index >= 15 is 0 Å². The summed E-state index contributed by atoms with van der Waals surface area (Å²) in [7, 11) is 3.42. The average Bonchev–Trinajstić information content (AvgIpc) is 2.98. The van der Waals surface area contributed by atoms with Crippen LogP contribution in [-0.4, -0.2) is 122 Å². The summed E-state index contributed by atoms with van der Waals surface area (Å²) >= 11 is 0. The highest BCUT2D eigenvalue weighted by atomic mass is 16.5. The second kappa shape index (κ2) is 15.7. The number of ether oxygens (including phenoxy) is 1. The van der Waals surface area contributed by atoms with Crippen LogP contribution >= 0.6 is 0 Å². The van der Waals surface area contributed by atoms with Crippen molar-refractivity contribution in [3.8, 4) is 0 Å². The van der Waals surface area contributed by atoms with Crippen molar-refractivity contribution in [2.24, 2.45) is 0 Å². The van der Waals surface area contributed by atoms with Crippen LogP contribution in [0.25, 0.3) is 11.2 Å². The Morgan fingerprint density at radius 2 is 1.70 bits per heavy atom. The molecule has 9 N–H and O–H groups in total. The van der Waals surface area contributed by atoms with E-state index in [2.05, 4.69) is 25.3 Å². The van der Waals surface area contributed by atoms with Crippen LogP contribution in [0.15, 0.2) is 30.5 Å². The Morgan fingerprint density at radius 1 is 1.02 bits per heavy atom. The van der Waals surface area contributed by atoms with Crippen LogP contribution in [0.4, 0.5) is 17.5 Å². The van der Waals surface area contributed by atoms with Gasteiger partial charge in [0.2, 0.25) is 5.95 Å². The molecule has 0 aliphatic heterocycles. The van der Waals surface area contributed by atoms with Gasteiger partial charge < -0.3 is 51.7 Å². The zero-order valence-electron chi connectivity index (χ0n) is 24.3. The first kappa shape index (κ1) is 33.8. The number of carboxylic acids is 1. The van der Waals surface area contributed by atoms with E-state index in [9.17, 15) is 29.7 Å². The molecule has 3 atom stereocenters.